The molecule has 1 heterocycles. The summed E-state index contributed by atoms with van der Waals surface area (Å²) in [5.74, 6) is -0.695. The molecule has 0 saturated carbocycles. The second-order valence-corrected chi connectivity index (χ2v) is 4.25. The third-order valence-electron chi connectivity index (χ3n) is 3.27. The average molecular weight is 215 g/mol. The fourth-order valence-electron chi connectivity index (χ4n) is 2.57. The van der Waals surface area contributed by atoms with E-state index in [9.17, 15) is 9.90 Å². The van der Waals surface area contributed by atoms with Crippen molar-refractivity contribution in [2.45, 2.75) is 44.6 Å². The first-order chi connectivity index (χ1) is 7.17. The van der Waals surface area contributed by atoms with Crippen molar-refractivity contribution < 1.29 is 15.0 Å². The Morgan fingerprint density at radius 3 is 2.80 bits per heavy atom. The number of nitrogens with zero attached hydrogens (tertiary/aromatic N) is 1. The number of aliphatic carboxylic acids is 1. The van der Waals surface area contributed by atoms with Crippen LogP contribution in [-0.2, 0) is 4.79 Å². The van der Waals surface area contributed by atoms with E-state index in [4.69, 9.17) is 5.11 Å². The molecule has 0 spiro atoms. The fraction of sp³-hybridized carbons (Fsp3) is 0.909. The Balaban J connectivity index is 2.70. The normalized spacial score (nSPS) is 27.1. The molecule has 0 aromatic rings. The molecular weight excluding hydrogens is 194 g/mol. The monoisotopic (exact) mass is 215 g/mol. The molecule has 1 fully saturated rings. The molecule has 0 radical (unpaired) electrons. The van der Waals surface area contributed by atoms with E-state index in [0.717, 1.165) is 25.8 Å². The molecule has 0 amide bonds. The summed E-state index contributed by atoms with van der Waals surface area (Å²) in [6.07, 6.45) is 3.98. The van der Waals surface area contributed by atoms with Crippen molar-refractivity contribution >= 4 is 5.97 Å². The highest BCUT2D eigenvalue weighted by atomic mass is 16.4. The van der Waals surface area contributed by atoms with Gasteiger partial charge in [0.25, 0.3) is 0 Å². The first-order valence-corrected chi connectivity index (χ1v) is 5.76. The van der Waals surface area contributed by atoms with E-state index < -0.39 is 11.5 Å². The van der Waals surface area contributed by atoms with Crippen molar-refractivity contribution in [1.82, 2.24) is 4.90 Å². The largest absolute Gasteiger partial charge is 0.480 e. The Morgan fingerprint density at radius 1 is 1.53 bits per heavy atom. The van der Waals surface area contributed by atoms with Gasteiger partial charge in [0.05, 0.1) is 0 Å². The van der Waals surface area contributed by atoms with Gasteiger partial charge in [-0.25, -0.2) is 0 Å². The summed E-state index contributed by atoms with van der Waals surface area (Å²) in [4.78, 5) is 13.4. The van der Waals surface area contributed by atoms with Crippen LogP contribution in [0.25, 0.3) is 0 Å². The molecule has 1 aliphatic heterocycles. The quantitative estimate of drug-likeness (QED) is 0.696. The molecule has 1 rings (SSSR count). The number of carboxylic acids is 1. The molecule has 1 aliphatic rings. The summed E-state index contributed by atoms with van der Waals surface area (Å²) in [6, 6.07) is 0. The Kier molecular flexibility index (Phi) is 4.54. The third-order valence-corrected chi connectivity index (χ3v) is 3.27. The molecule has 15 heavy (non-hydrogen) atoms. The Morgan fingerprint density at radius 2 is 2.27 bits per heavy atom. The van der Waals surface area contributed by atoms with Crippen LogP contribution < -0.4 is 0 Å². The number of aliphatic hydroxyl groups is 1. The first kappa shape index (κ1) is 12.5. The zero-order chi connectivity index (χ0) is 11.3. The molecule has 0 aliphatic carbocycles. The van der Waals surface area contributed by atoms with Gasteiger partial charge in [-0.3, -0.25) is 9.69 Å². The number of carboxylic acid groups (broad SMARTS) is 1. The summed E-state index contributed by atoms with van der Waals surface area (Å²) < 4.78 is 0. The van der Waals surface area contributed by atoms with Gasteiger partial charge in [0.15, 0.2) is 0 Å². The molecule has 1 unspecified atom stereocenters. The van der Waals surface area contributed by atoms with E-state index in [-0.39, 0.29) is 6.61 Å². The van der Waals surface area contributed by atoms with E-state index in [1.807, 2.05) is 11.8 Å². The Hall–Kier alpha value is -0.610. The van der Waals surface area contributed by atoms with Gasteiger partial charge in [-0.15, -0.1) is 0 Å². The summed E-state index contributed by atoms with van der Waals surface area (Å²) in [5.41, 5.74) is -0.649. The van der Waals surface area contributed by atoms with Gasteiger partial charge in [0, 0.05) is 13.2 Å². The maximum Gasteiger partial charge on any atom is 0.324 e. The van der Waals surface area contributed by atoms with Crippen LogP contribution in [0.4, 0.5) is 0 Å². The number of likely N-dealkylation sites (tertiary alicyclic amines) is 1. The van der Waals surface area contributed by atoms with Crippen molar-refractivity contribution in [3.63, 3.8) is 0 Å². The lowest BCUT2D eigenvalue weighted by Gasteiger charge is -2.34. The third kappa shape index (κ3) is 2.49. The molecule has 2 N–H and O–H groups in total. The Bertz CT molecular complexity index is 220. The van der Waals surface area contributed by atoms with Crippen LogP contribution >= 0.6 is 0 Å². The van der Waals surface area contributed by atoms with E-state index in [0.29, 0.717) is 19.4 Å². The van der Waals surface area contributed by atoms with E-state index in [2.05, 4.69) is 0 Å². The Labute approximate surface area is 90.9 Å². The van der Waals surface area contributed by atoms with E-state index in [1.165, 1.54) is 0 Å². The fourth-order valence-corrected chi connectivity index (χ4v) is 2.57. The van der Waals surface area contributed by atoms with Crippen LogP contribution in [0.1, 0.15) is 39.0 Å². The second kappa shape index (κ2) is 5.47. The van der Waals surface area contributed by atoms with E-state index in [1.54, 1.807) is 0 Å². The zero-order valence-corrected chi connectivity index (χ0v) is 9.41. The predicted octanol–water partition coefficient (Wildman–Crippen LogP) is 1.09. The molecule has 0 bridgehead atoms. The topological polar surface area (TPSA) is 60.8 Å². The van der Waals surface area contributed by atoms with Crippen molar-refractivity contribution in [2.24, 2.45) is 0 Å². The standard InChI is InChI=1S/C11H21NO3/c1-2-5-11(10(14)15)6-3-7-12(11)8-4-9-13/h13H,2-9H2,1H3,(H,14,15). The maximum atomic E-state index is 11.4. The van der Waals surface area contributed by atoms with E-state index >= 15 is 0 Å². The molecule has 88 valence electrons. The summed E-state index contributed by atoms with van der Waals surface area (Å²) in [6.45, 7) is 3.71. The van der Waals surface area contributed by atoms with Gasteiger partial charge in [-0.2, -0.15) is 0 Å². The second-order valence-electron chi connectivity index (χ2n) is 4.25. The molecule has 1 atom stereocenters. The first-order valence-electron chi connectivity index (χ1n) is 5.76. The minimum Gasteiger partial charge on any atom is -0.480 e. The summed E-state index contributed by atoms with van der Waals surface area (Å²) in [7, 11) is 0. The number of aliphatic hydroxyl groups excluding tert-OH is 1. The average Bonchev–Trinajstić information content (AvgIpc) is 2.60. The molecule has 1 saturated heterocycles. The number of hydrogen-bond acceptors (Lipinski definition) is 3. The highest BCUT2D eigenvalue weighted by molar-refractivity contribution is 5.79. The van der Waals surface area contributed by atoms with Crippen molar-refractivity contribution in [1.29, 1.82) is 0 Å². The van der Waals surface area contributed by atoms with Gasteiger partial charge in [0.2, 0.25) is 0 Å². The molecule has 0 aromatic carbocycles. The summed E-state index contributed by atoms with van der Waals surface area (Å²) in [5, 5.41) is 18.2. The summed E-state index contributed by atoms with van der Waals surface area (Å²) >= 11 is 0. The SMILES string of the molecule is CCCC1(C(=O)O)CCCN1CCCO. The lowest BCUT2D eigenvalue weighted by atomic mass is 9.90. The van der Waals surface area contributed by atoms with Crippen LogP contribution in [0.3, 0.4) is 0 Å². The minimum atomic E-state index is -0.695. The number of hydrogen-bond donors (Lipinski definition) is 2. The molecule has 4 heteroatoms. The number of carbonyl (C=O) groups is 1. The van der Waals surface area contributed by atoms with Crippen molar-refractivity contribution in [3.05, 3.63) is 0 Å². The maximum absolute atomic E-state index is 11.4. The zero-order valence-electron chi connectivity index (χ0n) is 9.41. The van der Waals surface area contributed by atoms with Crippen LogP contribution in [-0.4, -0.2) is 46.3 Å². The van der Waals surface area contributed by atoms with Crippen molar-refractivity contribution in [2.75, 3.05) is 19.7 Å². The highest BCUT2D eigenvalue weighted by Gasteiger charge is 2.46. The van der Waals surface area contributed by atoms with Crippen LogP contribution in [0.15, 0.2) is 0 Å². The lowest BCUT2D eigenvalue weighted by molar-refractivity contribution is -0.150. The van der Waals surface area contributed by atoms with Gasteiger partial charge in [-0.05, 0) is 32.2 Å². The van der Waals surface area contributed by atoms with Gasteiger partial charge >= 0.3 is 5.97 Å². The molecule has 0 aromatic heterocycles. The lowest BCUT2D eigenvalue weighted by Crippen LogP contribution is -2.50. The highest BCUT2D eigenvalue weighted by Crippen LogP contribution is 2.33. The van der Waals surface area contributed by atoms with Gasteiger partial charge in [0.1, 0.15) is 5.54 Å². The van der Waals surface area contributed by atoms with Gasteiger partial charge in [-0.1, -0.05) is 13.3 Å². The smallest absolute Gasteiger partial charge is 0.324 e. The minimum absolute atomic E-state index is 0.137. The predicted molar refractivity (Wildman–Crippen MR) is 57.8 cm³/mol. The number of rotatable bonds is 6. The van der Waals surface area contributed by atoms with Crippen LogP contribution in [0, 0.1) is 0 Å². The van der Waals surface area contributed by atoms with Gasteiger partial charge < -0.3 is 10.2 Å². The molecule has 4 nitrogen and oxygen atoms in total. The van der Waals surface area contributed by atoms with Crippen LogP contribution in [0.2, 0.25) is 0 Å². The van der Waals surface area contributed by atoms with Crippen molar-refractivity contribution in [3.8, 4) is 0 Å². The molecular formula is C11H21NO3. The van der Waals surface area contributed by atoms with Crippen LogP contribution in [0.5, 0.6) is 0 Å².